The van der Waals surface area contributed by atoms with Crippen molar-refractivity contribution >= 4 is 35.3 Å². The first-order valence-electron chi connectivity index (χ1n) is 45.5. The van der Waals surface area contributed by atoms with Gasteiger partial charge in [-0.2, -0.15) is 36.3 Å². The third kappa shape index (κ3) is 19.0. The summed E-state index contributed by atoms with van der Waals surface area (Å²) in [5.41, 5.74) is -20.0. The van der Waals surface area contributed by atoms with E-state index in [0.29, 0.717) is 46.8 Å². The number of hydrogen-bond donors (Lipinski definition) is 0. The molecule has 0 saturated heterocycles. The maximum absolute atomic E-state index is 15.0. The number of halogens is 8. The smallest absolute Gasteiger partial charge is 0.336 e. The molecule has 96 heavy (non-hydrogen) atoms. The van der Waals surface area contributed by atoms with Gasteiger partial charge in [0.15, 0.2) is 10.3 Å². The van der Waals surface area contributed by atoms with Crippen molar-refractivity contribution in [2.24, 2.45) is 5.89 Å². The second kappa shape index (κ2) is 32.9. The molecule has 12 nitrogen and oxygen atoms in total. The van der Waals surface area contributed by atoms with Crippen LogP contribution in [0.4, 0.5) is 35.1 Å². The van der Waals surface area contributed by atoms with E-state index in [2.05, 4.69) is 9.97 Å². The third-order valence-electron chi connectivity index (χ3n) is 14.5. The Labute approximate surface area is 608 Å². The fourth-order valence-electron chi connectivity index (χ4n) is 9.47. The largest absolute Gasteiger partial charge is 0.416 e. The number of likely N-dealkylation sites (N-methyl/N-ethyl adjacent to an activating group) is 2. The number of nitrogens with zero attached hydrogens (tertiary/aromatic N) is 8. The number of alkyl halides is 6. The van der Waals surface area contributed by atoms with E-state index < -0.39 is 273 Å². The van der Waals surface area contributed by atoms with E-state index in [1.165, 1.54) is 36.4 Å². The molecule has 22 heteroatoms. The molecule has 0 fully saturated rings. The molecule has 1 atom stereocenters. The fraction of sp³-hybridized carbons (Fsp3) is 0.378. The zero-order valence-corrected chi connectivity index (χ0v) is 53.6. The normalized spacial score (nSPS) is 21.1. The topological polar surface area (TPSA) is 117 Å². The van der Waals surface area contributed by atoms with Crippen LogP contribution in [0.1, 0.15) is 146 Å². The monoisotopic (exact) mass is 1390 g/mol. The van der Waals surface area contributed by atoms with Gasteiger partial charge in [-0.3, -0.25) is 19.2 Å². The van der Waals surface area contributed by atoms with E-state index in [-0.39, 0.29) is 82.2 Å². The van der Waals surface area contributed by atoms with Crippen LogP contribution in [0.5, 0.6) is 0 Å². The molecule has 6 aromatic carbocycles. The van der Waals surface area contributed by atoms with Crippen molar-refractivity contribution in [3.63, 3.8) is 0 Å². The SMILES string of the molecule is [2H]c1c([2H])c(C([2H])([2H])Sc2nc(=O)c3c(n2C([2H])([2H])C(=O)N(CCN(CC)CC)C([2H])([2H])c2c([2H])c([2H])c(-c4c([2H])c([2H])c(C(F)(F)F)c(C)c4[2H])c([2H])c2[2H])CCC3)c([2H])c([2H])c1F.[2H]c1c([2H])c(C([2H])([2H])Sc2nc(=O)c3c(n2C([2H])([2H])C(=O)N(CCN(CC)CC)C([2H])([2H])c2ccc(-c4ccc(C(F)(F)F)cc4)cc2)C([2H])([2H])C([2H])(C)C3([2H])[2H])c([2H])c([2H])c1F. The number of carbonyl (C=O) groups is 2. The minimum absolute atomic E-state index is 0.0153. The molecule has 508 valence electrons. The molecule has 8 aromatic rings. The summed E-state index contributed by atoms with van der Waals surface area (Å²) in [6.45, 7) is -5.69. The number of fused-ring (bicyclic) bond motifs is 2. The number of carbonyl (C=O) groups excluding carboxylic acids is 2. The Balaban J connectivity index is 0.000000289. The van der Waals surface area contributed by atoms with Gasteiger partial charge in [0, 0.05) is 85.4 Å². The van der Waals surface area contributed by atoms with Crippen LogP contribution in [-0.2, 0) is 84.9 Å². The lowest BCUT2D eigenvalue weighted by Gasteiger charge is -2.28. The van der Waals surface area contributed by atoms with Crippen LogP contribution in [0.2, 0.25) is 0 Å². The van der Waals surface area contributed by atoms with Crippen LogP contribution in [0, 0.1) is 24.5 Å². The van der Waals surface area contributed by atoms with Gasteiger partial charge in [0.05, 0.1) is 42.7 Å². The number of benzene rings is 6. The molecule has 2 aromatic heterocycles. The van der Waals surface area contributed by atoms with Gasteiger partial charge in [-0.25, -0.2) is 8.78 Å². The summed E-state index contributed by atoms with van der Waals surface area (Å²) >= 11 is -0.439. The standard InChI is InChI=1S/2C37H40F4N4O2S/c1-4-43(5-2)18-19-44(22-26-6-10-28(11-7-26)29-12-14-30(15-13-29)37(39,40)41)34(46)23-45-33-21-25(3)20-32(33)35(47)42-36(45)48-24-27-8-16-31(38)17-9-27;1-4-43(5-2)19-20-44(22-26-9-13-28(14-10-26)29-15-18-32(25(3)21-29)37(39,40)41)34(46)23-45-33-8-6-7-31(33)35(47)42-36(45)48-24-27-11-16-30(38)17-12-27/h6-17,25H,4-5,18-24H2,1-3H3;9-18,21H,4-8,19-20,22-24H2,1-3H3/i8D,9D,16D,17D,20D2,21D2,22D2,23D2,24D2,25D;9D,10D,11D,12D,13D,14D,15D,16D,17D,18D,21D,22D2,23D2,24D2. The molecule has 0 bridgehead atoms. The maximum atomic E-state index is 15.0. The van der Waals surface area contributed by atoms with Crippen molar-refractivity contribution in [2.45, 2.75) is 134 Å². The summed E-state index contributed by atoms with van der Waals surface area (Å²) in [5.74, 6) is -9.78. The van der Waals surface area contributed by atoms with Crippen LogP contribution < -0.4 is 11.1 Å². The van der Waals surface area contributed by atoms with Crippen molar-refractivity contribution in [1.82, 2.24) is 38.7 Å². The molecule has 2 heterocycles. The number of rotatable bonds is 26. The van der Waals surface area contributed by atoms with E-state index in [0.717, 1.165) is 26.0 Å². The third-order valence-corrected chi connectivity index (χ3v) is 16.1. The molecular formula is C74H80F8N8O4S2. The summed E-state index contributed by atoms with van der Waals surface area (Å²) in [6, 6.07) is -9.24. The minimum Gasteiger partial charge on any atom is -0.336 e. The molecule has 10 rings (SSSR count). The highest BCUT2D eigenvalue weighted by molar-refractivity contribution is 7.98. The van der Waals surface area contributed by atoms with E-state index >= 15 is 0 Å². The van der Waals surface area contributed by atoms with Gasteiger partial charge in [0.1, 0.15) is 24.6 Å². The predicted molar refractivity (Wildman–Crippen MR) is 362 cm³/mol. The van der Waals surface area contributed by atoms with Gasteiger partial charge in [-0.05, 0) is 163 Å². The number of thioether (sulfide) groups is 2. The number of hydrogen-bond acceptors (Lipinski definition) is 10. The summed E-state index contributed by atoms with van der Waals surface area (Å²) in [5, 5.41) is -2.12. The lowest BCUT2D eigenvalue weighted by atomic mass is 9.98. The van der Waals surface area contributed by atoms with Gasteiger partial charge in [-0.15, -0.1) is 0 Å². The summed E-state index contributed by atoms with van der Waals surface area (Å²) in [4.78, 5) is 68.6. The average Bonchev–Trinajstić information content (AvgIpc) is 1.51. The van der Waals surface area contributed by atoms with Gasteiger partial charge in [0.2, 0.25) is 11.8 Å². The number of aromatic nitrogens is 4. The summed E-state index contributed by atoms with van der Waals surface area (Å²) in [7, 11) is 0. The van der Waals surface area contributed by atoms with Gasteiger partial charge in [0.25, 0.3) is 11.1 Å². The Morgan fingerprint density at radius 2 is 1.03 bits per heavy atom. The van der Waals surface area contributed by atoms with Crippen molar-refractivity contribution in [3.8, 4) is 22.3 Å². The van der Waals surface area contributed by atoms with Crippen LogP contribution in [0.15, 0.2) is 159 Å². The number of amides is 2. The zero-order valence-electron chi connectivity index (χ0n) is 83.9. The molecule has 0 radical (unpaired) electrons. The molecule has 2 amide bonds. The lowest BCUT2D eigenvalue weighted by molar-refractivity contribution is -0.138. The highest BCUT2D eigenvalue weighted by atomic mass is 32.2. The molecule has 0 spiro atoms. The van der Waals surface area contributed by atoms with Crippen LogP contribution >= 0.6 is 23.5 Å². The first-order valence-corrected chi connectivity index (χ1v) is 31.1. The first kappa shape index (κ1) is 40.7. The van der Waals surface area contributed by atoms with Crippen molar-refractivity contribution in [2.75, 3.05) is 52.4 Å². The van der Waals surface area contributed by atoms with Crippen molar-refractivity contribution in [3.05, 3.63) is 233 Å². The molecule has 0 aliphatic heterocycles. The van der Waals surface area contributed by atoms with Gasteiger partial charge in [-0.1, -0.05) is 155 Å². The summed E-state index contributed by atoms with van der Waals surface area (Å²) < 4.78 is 390. The second-order valence-corrected chi connectivity index (χ2v) is 22.3. The van der Waals surface area contributed by atoms with E-state index in [1.807, 2.05) is 0 Å². The Kier molecular flexibility index (Phi) is 13.9. The molecule has 1 unspecified atom stereocenters. The Morgan fingerprint density at radius 1 is 0.573 bits per heavy atom. The van der Waals surface area contributed by atoms with Crippen molar-refractivity contribution in [1.29, 1.82) is 0 Å². The van der Waals surface area contributed by atoms with E-state index in [1.54, 1.807) is 37.5 Å². The molecule has 0 saturated carbocycles. The molecule has 2 aliphatic carbocycles. The Morgan fingerprint density at radius 3 is 1.52 bits per heavy atom. The highest BCUT2D eigenvalue weighted by Crippen LogP contribution is 2.36. The zero-order chi connectivity index (χ0) is 97.2. The second-order valence-electron chi connectivity index (χ2n) is 20.8. The Hall–Kier alpha value is -7.92. The Bertz CT molecular complexity index is 5750. The maximum Gasteiger partial charge on any atom is 0.416 e. The van der Waals surface area contributed by atoms with Crippen LogP contribution in [0.3, 0.4) is 0 Å². The van der Waals surface area contributed by atoms with Gasteiger partial charge < -0.3 is 28.7 Å². The average molecular weight is 1390 g/mol. The lowest BCUT2D eigenvalue weighted by Crippen LogP contribution is -2.40. The molecular weight excluding hydrogens is 1280 g/mol. The first-order chi connectivity index (χ1) is 58.6. The highest BCUT2D eigenvalue weighted by Gasteiger charge is 2.34. The minimum atomic E-state index is -5.19. The molecule has 2 aliphatic rings. The van der Waals surface area contributed by atoms with E-state index in [4.69, 9.17) is 32.9 Å². The van der Waals surface area contributed by atoms with Crippen molar-refractivity contribution < 1.29 is 88.6 Å². The van der Waals surface area contributed by atoms with Gasteiger partial charge >= 0.3 is 12.4 Å². The quantitative estimate of drug-likeness (QED) is 0.0295. The summed E-state index contributed by atoms with van der Waals surface area (Å²) in [6.07, 6.45) is -16.3. The van der Waals surface area contributed by atoms with E-state index in [9.17, 15) is 65.3 Å². The predicted octanol–water partition coefficient (Wildman–Crippen LogP) is 15.0. The molecule has 0 N–H and O–H groups in total. The fourth-order valence-corrected chi connectivity index (χ4v) is 10.8. The van der Waals surface area contributed by atoms with Crippen LogP contribution in [-0.4, -0.2) is 103 Å². The van der Waals surface area contributed by atoms with Crippen LogP contribution in [0.25, 0.3) is 22.3 Å².